The highest BCUT2D eigenvalue weighted by molar-refractivity contribution is 7.15. The zero-order chi connectivity index (χ0) is 46.5. The number of carbonyl (C=O) groups is 4. The molecule has 65 heavy (non-hydrogen) atoms. The minimum Gasteiger partial charge on any atom is -0.481 e. The van der Waals surface area contributed by atoms with Crippen LogP contribution in [0.2, 0.25) is 0 Å². The molecule has 6 heterocycles. The number of thiophene rings is 1. The average molecular weight is 915 g/mol. The van der Waals surface area contributed by atoms with Crippen LogP contribution in [0.1, 0.15) is 108 Å². The fraction of sp³-hybridized carbons (Fsp3) is 0.362. The Balaban J connectivity index is 0.991. The van der Waals surface area contributed by atoms with Gasteiger partial charge in [0.25, 0.3) is 5.91 Å². The number of aryl methyl sites for hydroxylation is 3. The quantitative estimate of drug-likeness (QED) is 0.110. The Hall–Kier alpha value is -6.50. The summed E-state index contributed by atoms with van der Waals surface area (Å²) in [4.78, 5) is 76.0. The monoisotopic (exact) mass is 914 g/mol. The van der Waals surface area contributed by atoms with Crippen LogP contribution in [0.4, 0.5) is 0 Å². The van der Waals surface area contributed by atoms with Crippen molar-refractivity contribution in [1.82, 2.24) is 45.2 Å². The van der Waals surface area contributed by atoms with Crippen molar-refractivity contribution >= 4 is 52.1 Å². The number of rotatable bonds is 11. The predicted octanol–water partition coefficient (Wildman–Crippen LogP) is 6.49. The molecule has 16 nitrogen and oxygen atoms in total. The SMILES string of the molecule is Cc1ncsc1-c1ccc(C(C)NC(=O)[C@@H]2C[C@@H](O)CN2C(=O)C(NC(=O)c2cncc(-c3ccc(C4=N[C@@H](CC(=O)O)c5nnc(C)n5-c5sc(C)c(C)c54)cc3)n2)C(C)(C)C)cc1. The van der Waals surface area contributed by atoms with Gasteiger partial charge >= 0.3 is 5.97 Å². The van der Waals surface area contributed by atoms with Crippen LogP contribution in [0.15, 0.2) is 71.4 Å². The van der Waals surface area contributed by atoms with Crippen LogP contribution in [-0.2, 0) is 14.4 Å². The van der Waals surface area contributed by atoms with Gasteiger partial charge in [-0.05, 0) is 56.7 Å². The molecule has 0 spiro atoms. The largest absolute Gasteiger partial charge is 0.481 e. The number of carboxylic acids is 1. The van der Waals surface area contributed by atoms with Crippen molar-refractivity contribution in [2.75, 3.05) is 6.54 Å². The number of likely N-dealkylation sites (tertiary alicyclic amines) is 1. The maximum absolute atomic E-state index is 14.4. The molecule has 0 aliphatic carbocycles. The molecule has 4 N–H and O–H groups in total. The lowest BCUT2D eigenvalue weighted by Crippen LogP contribution is -2.58. The lowest BCUT2D eigenvalue weighted by atomic mass is 9.85. The van der Waals surface area contributed by atoms with Gasteiger partial charge in [0, 0.05) is 34.5 Å². The molecule has 3 amide bonds. The van der Waals surface area contributed by atoms with E-state index in [1.54, 1.807) is 22.7 Å². The number of hydrogen-bond donors (Lipinski definition) is 4. The first kappa shape index (κ1) is 45.1. The van der Waals surface area contributed by atoms with E-state index in [4.69, 9.17) is 4.99 Å². The Bertz CT molecular complexity index is 2840. The van der Waals surface area contributed by atoms with Gasteiger partial charge in [0.05, 0.1) is 58.4 Å². The van der Waals surface area contributed by atoms with Gasteiger partial charge in [-0.25, -0.2) is 9.97 Å². The molecular weight excluding hydrogens is 865 g/mol. The Labute approximate surface area is 383 Å². The van der Waals surface area contributed by atoms with Crippen LogP contribution in [0, 0.1) is 33.1 Å². The molecule has 2 unspecified atom stereocenters. The first-order chi connectivity index (χ1) is 30.9. The molecule has 4 aromatic heterocycles. The van der Waals surface area contributed by atoms with Gasteiger partial charge in [-0.2, -0.15) is 0 Å². The normalized spacial score (nSPS) is 18.0. The molecule has 0 saturated carbocycles. The van der Waals surface area contributed by atoms with Crippen molar-refractivity contribution in [2.24, 2.45) is 10.4 Å². The third kappa shape index (κ3) is 8.97. The number of nitrogens with zero attached hydrogens (tertiary/aromatic N) is 8. The highest BCUT2D eigenvalue weighted by atomic mass is 32.1. The number of aromatic nitrogens is 6. The summed E-state index contributed by atoms with van der Waals surface area (Å²) < 4.78 is 1.90. The highest BCUT2D eigenvalue weighted by Gasteiger charge is 2.45. The summed E-state index contributed by atoms with van der Waals surface area (Å²) >= 11 is 3.14. The molecule has 6 aromatic rings. The van der Waals surface area contributed by atoms with Crippen LogP contribution in [0.25, 0.3) is 26.7 Å². The first-order valence-electron chi connectivity index (χ1n) is 21.2. The minimum atomic E-state index is -1.09. The second-order valence-corrected chi connectivity index (χ2v) is 19.7. The molecule has 1 fully saturated rings. The number of benzene rings is 2. The summed E-state index contributed by atoms with van der Waals surface area (Å²) in [6, 6.07) is 12.1. The van der Waals surface area contributed by atoms with E-state index in [1.807, 2.05) is 114 Å². The third-order valence-electron chi connectivity index (χ3n) is 12.0. The van der Waals surface area contributed by atoms with E-state index in [1.165, 1.54) is 17.3 Å². The predicted molar refractivity (Wildman–Crippen MR) is 247 cm³/mol. The minimum absolute atomic E-state index is 0.0215. The highest BCUT2D eigenvalue weighted by Crippen LogP contribution is 2.40. The molecule has 2 aliphatic rings. The summed E-state index contributed by atoms with van der Waals surface area (Å²) in [6.45, 7) is 15.1. The number of nitrogens with one attached hydrogen (secondary N) is 2. The zero-order valence-corrected chi connectivity index (χ0v) is 38.9. The van der Waals surface area contributed by atoms with E-state index in [0.717, 1.165) is 48.3 Å². The summed E-state index contributed by atoms with van der Waals surface area (Å²) in [7, 11) is 0. The summed E-state index contributed by atoms with van der Waals surface area (Å²) in [6.07, 6.45) is 1.72. The van der Waals surface area contributed by atoms with Gasteiger partial charge in [0.15, 0.2) is 5.82 Å². The van der Waals surface area contributed by atoms with Crippen molar-refractivity contribution in [3.8, 4) is 26.7 Å². The lowest BCUT2D eigenvalue weighted by molar-refractivity contribution is -0.142. The lowest BCUT2D eigenvalue weighted by Gasteiger charge is -2.35. The van der Waals surface area contributed by atoms with Crippen molar-refractivity contribution < 1.29 is 29.4 Å². The van der Waals surface area contributed by atoms with E-state index in [9.17, 15) is 29.4 Å². The number of carbonyl (C=O) groups excluding carboxylic acids is 3. The molecular formula is C47H50N10O6S2. The van der Waals surface area contributed by atoms with E-state index < -0.39 is 53.3 Å². The molecule has 1 saturated heterocycles. The molecule has 2 aromatic carbocycles. The molecule has 18 heteroatoms. The van der Waals surface area contributed by atoms with Gasteiger partial charge in [-0.1, -0.05) is 69.3 Å². The molecule has 0 radical (unpaired) electrons. The number of aliphatic hydroxyl groups excluding tert-OH is 1. The van der Waals surface area contributed by atoms with Crippen LogP contribution < -0.4 is 10.6 Å². The van der Waals surface area contributed by atoms with Crippen LogP contribution >= 0.6 is 22.7 Å². The number of aliphatic carboxylic acids is 1. The molecule has 336 valence electrons. The van der Waals surface area contributed by atoms with Gasteiger partial charge in [0.1, 0.15) is 34.6 Å². The molecule has 5 atom stereocenters. The fourth-order valence-corrected chi connectivity index (χ4v) is 10.3. The Kier molecular flexibility index (Phi) is 12.4. The van der Waals surface area contributed by atoms with E-state index in [0.29, 0.717) is 28.6 Å². The van der Waals surface area contributed by atoms with E-state index >= 15 is 0 Å². The molecule has 0 bridgehead atoms. The van der Waals surface area contributed by atoms with Gasteiger partial charge < -0.3 is 25.7 Å². The standard InChI is InChI=1S/C47H50N10O6S2/c1-23-26(4)65-46-38(23)39(52-33(18-37(59)60)42-55-54-27(5)57(42)46)30-13-11-29(12-14-30)34-19-48-20-35(51-34)43(61)53-41(47(6,7)8)45(63)56-21-32(58)17-36(56)44(62)50-24(2)28-9-15-31(16-10-28)40-25(3)49-22-64-40/h9-16,19-20,22,24,32-33,36,41,58H,17-18,21H2,1-8H3,(H,50,62)(H,53,61)(H,59,60)/t24?,32-,33+,36+,41?/m1/s1. The number of thiazole rings is 1. The van der Waals surface area contributed by atoms with Crippen molar-refractivity contribution in [2.45, 2.75) is 98.5 Å². The Morgan fingerprint density at radius 2 is 1.62 bits per heavy atom. The second-order valence-electron chi connectivity index (χ2n) is 17.7. The topological polar surface area (TPSA) is 218 Å². The maximum Gasteiger partial charge on any atom is 0.306 e. The number of fused-ring (bicyclic) bond motifs is 3. The number of amides is 3. The van der Waals surface area contributed by atoms with Crippen molar-refractivity contribution in [3.05, 3.63) is 117 Å². The summed E-state index contributed by atoms with van der Waals surface area (Å²) in [5.41, 5.74) is 8.20. The van der Waals surface area contributed by atoms with Crippen LogP contribution in [-0.4, -0.2) is 99.0 Å². The van der Waals surface area contributed by atoms with Crippen molar-refractivity contribution in [1.29, 1.82) is 0 Å². The third-order valence-corrected chi connectivity index (χ3v) is 14.1. The molecule has 2 aliphatic heterocycles. The first-order valence-corrected chi connectivity index (χ1v) is 22.9. The van der Waals surface area contributed by atoms with Gasteiger partial charge in [-0.3, -0.25) is 33.7 Å². The Morgan fingerprint density at radius 3 is 2.28 bits per heavy atom. The summed E-state index contributed by atoms with van der Waals surface area (Å²) in [5, 5.41) is 36.0. The zero-order valence-electron chi connectivity index (χ0n) is 37.3. The second kappa shape index (κ2) is 17.8. The smallest absolute Gasteiger partial charge is 0.306 e. The molecule has 8 rings (SSSR count). The fourth-order valence-electron chi connectivity index (χ4n) is 8.32. The number of β-amino-alcohol motifs (C(OH)–C–C–N with tert-alkyl or cyclic N) is 1. The van der Waals surface area contributed by atoms with E-state index in [2.05, 4.69) is 35.8 Å². The number of hydrogen-bond acceptors (Lipinski definition) is 13. The average Bonchev–Trinajstić information content (AvgIpc) is 4.04. The Morgan fingerprint density at radius 1 is 0.923 bits per heavy atom. The van der Waals surface area contributed by atoms with Gasteiger partial charge in [0.2, 0.25) is 11.8 Å². The van der Waals surface area contributed by atoms with Crippen LogP contribution in [0.3, 0.4) is 0 Å². The summed E-state index contributed by atoms with van der Waals surface area (Å²) in [5.74, 6) is -1.44. The number of carboxylic acid groups (broad SMARTS) is 1. The van der Waals surface area contributed by atoms with Crippen molar-refractivity contribution in [3.63, 3.8) is 0 Å². The number of aliphatic imine (C=N–C) groups is 1. The van der Waals surface area contributed by atoms with Crippen LogP contribution in [0.5, 0.6) is 0 Å². The van der Waals surface area contributed by atoms with E-state index in [-0.39, 0.29) is 31.1 Å². The van der Waals surface area contributed by atoms with Gasteiger partial charge in [-0.15, -0.1) is 32.9 Å². The maximum atomic E-state index is 14.4. The number of aliphatic hydroxyl groups is 1.